The average Bonchev–Trinajstić information content (AvgIpc) is 2.76. The van der Waals surface area contributed by atoms with Gasteiger partial charge in [-0.15, -0.1) is 0 Å². The first-order chi connectivity index (χ1) is 15.2. The number of carbonyl (C=O) groups is 1. The van der Waals surface area contributed by atoms with Crippen molar-refractivity contribution in [1.29, 1.82) is 0 Å². The number of ether oxygens (including phenoxy) is 1. The van der Waals surface area contributed by atoms with Crippen LogP contribution in [0.15, 0.2) is 71.6 Å². The van der Waals surface area contributed by atoms with E-state index in [4.69, 9.17) is 39.5 Å². The smallest absolute Gasteiger partial charge is 0.264 e. The van der Waals surface area contributed by atoms with Crippen LogP contribution in [-0.2, 0) is 14.8 Å². The minimum absolute atomic E-state index is 0.00174. The molecule has 0 aliphatic carbocycles. The Kier molecular flexibility index (Phi) is 7.90. The van der Waals surface area contributed by atoms with Crippen LogP contribution in [0.3, 0.4) is 0 Å². The first-order valence-electron chi connectivity index (χ1n) is 9.47. The maximum atomic E-state index is 13.4. The summed E-state index contributed by atoms with van der Waals surface area (Å²) in [6.45, 7) is 1.84. The Morgan fingerprint density at radius 1 is 0.938 bits per heavy atom. The molecule has 3 aromatic carbocycles. The third-order valence-electron chi connectivity index (χ3n) is 4.33. The van der Waals surface area contributed by atoms with Crippen molar-refractivity contribution in [3.8, 4) is 5.75 Å². The lowest BCUT2D eigenvalue weighted by Crippen LogP contribution is -2.38. The summed E-state index contributed by atoms with van der Waals surface area (Å²) in [7, 11) is -4.07. The molecule has 10 heteroatoms. The van der Waals surface area contributed by atoms with Crippen molar-refractivity contribution in [2.24, 2.45) is 0 Å². The zero-order chi connectivity index (χ0) is 23.3. The van der Waals surface area contributed by atoms with Crippen molar-refractivity contribution in [3.05, 3.63) is 81.8 Å². The molecule has 0 atom stereocenters. The van der Waals surface area contributed by atoms with Gasteiger partial charge in [0, 0.05) is 10.7 Å². The van der Waals surface area contributed by atoms with Crippen LogP contribution in [0.5, 0.6) is 5.75 Å². The van der Waals surface area contributed by atoms with Gasteiger partial charge in [0.15, 0.2) is 0 Å². The maximum Gasteiger partial charge on any atom is 0.264 e. The molecule has 1 N–H and O–H groups in total. The molecule has 6 nitrogen and oxygen atoms in total. The van der Waals surface area contributed by atoms with E-state index in [0.717, 1.165) is 4.31 Å². The summed E-state index contributed by atoms with van der Waals surface area (Å²) >= 11 is 17.8. The van der Waals surface area contributed by atoms with Crippen LogP contribution < -0.4 is 14.4 Å². The van der Waals surface area contributed by atoms with Crippen LogP contribution in [0.2, 0.25) is 15.1 Å². The lowest BCUT2D eigenvalue weighted by atomic mass is 10.3. The van der Waals surface area contributed by atoms with Crippen LogP contribution in [0, 0.1) is 0 Å². The Balaban J connectivity index is 1.93. The summed E-state index contributed by atoms with van der Waals surface area (Å²) in [6.07, 6.45) is 0. The summed E-state index contributed by atoms with van der Waals surface area (Å²) in [4.78, 5) is 12.8. The molecule has 0 unspecified atom stereocenters. The molecule has 3 aromatic rings. The molecule has 0 heterocycles. The highest BCUT2D eigenvalue weighted by Crippen LogP contribution is 2.28. The molecule has 0 aromatic heterocycles. The molecule has 1 amide bonds. The van der Waals surface area contributed by atoms with Gasteiger partial charge in [-0.1, -0.05) is 34.8 Å². The summed E-state index contributed by atoms with van der Waals surface area (Å²) in [5.74, 6) is 0.0233. The van der Waals surface area contributed by atoms with Crippen molar-refractivity contribution in [2.45, 2.75) is 11.8 Å². The number of halogens is 3. The van der Waals surface area contributed by atoms with Crippen molar-refractivity contribution < 1.29 is 17.9 Å². The monoisotopic (exact) mass is 512 g/mol. The Hall–Kier alpha value is -2.45. The van der Waals surface area contributed by atoms with Gasteiger partial charge in [0.05, 0.1) is 27.2 Å². The first-order valence-corrected chi connectivity index (χ1v) is 12.0. The van der Waals surface area contributed by atoms with Crippen molar-refractivity contribution in [1.82, 2.24) is 0 Å². The fourth-order valence-electron chi connectivity index (χ4n) is 2.83. The standard InChI is InChI=1S/C22H19Cl3N2O4S/c1-2-31-18-8-6-17(7-9-18)27(32(29,30)19-10-3-15(23)4-11-19)14-22(28)26-16-5-12-20(24)21(25)13-16/h3-13H,2,14H2,1H3,(H,26,28). The van der Waals surface area contributed by atoms with Gasteiger partial charge < -0.3 is 10.1 Å². The van der Waals surface area contributed by atoms with E-state index in [1.807, 2.05) is 6.92 Å². The fraction of sp³-hybridized carbons (Fsp3) is 0.136. The number of hydrogen-bond donors (Lipinski definition) is 1. The number of carbonyl (C=O) groups excluding carboxylic acids is 1. The van der Waals surface area contributed by atoms with Gasteiger partial charge in [-0.3, -0.25) is 9.10 Å². The van der Waals surface area contributed by atoms with Crippen molar-refractivity contribution in [2.75, 3.05) is 22.8 Å². The Labute approximate surface area is 201 Å². The predicted molar refractivity (Wildman–Crippen MR) is 129 cm³/mol. The van der Waals surface area contributed by atoms with Gasteiger partial charge in [-0.25, -0.2) is 8.42 Å². The first kappa shape index (κ1) is 24.2. The van der Waals surface area contributed by atoms with Crippen LogP contribution in [-0.4, -0.2) is 27.5 Å². The normalized spacial score (nSPS) is 11.1. The van der Waals surface area contributed by atoms with E-state index in [0.29, 0.717) is 33.8 Å². The zero-order valence-electron chi connectivity index (χ0n) is 16.9. The van der Waals surface area contributed by atoms with E-state index in [-0.39, 0.29) is 9.92 Å². The Morgan fingerprint density at radius 3 is 2.19 bits per heavy atom. The largest absolute Gasteiger partial charge is 0.494 e. The molecule has 0 fully saturated rings. The quantitative estimate of drug-likeness (QED) is 0.408. The minimum atomic E-state index is -4.07. The molecule has 0 radical (unpaired) electrons. The van der Waals surface area contributed by atoms with Crippen LogP contribution in [0.4, 0.5) is 11.4 Å². The molecular weight excluding hydrogens is 495 g/mol. The van der Waals surface area contributed by atoms with E-state index < -0.39 is 22.5 Å². The third kappa shape index (κ3) is 5.86. The van der Waals surface area contributed by atoms with E-state index in [2.05, 4.69) is 5.32 Å². The van der Waals surface area contributed by atoms with Crippen molar-refractivity contribution >= 4 is 62.1 Å². The number of hydrogen-bond acceptors (Lipinski definition) is 4. The van der Waals surface area contributed by atoms with Crippen LogP contribution >= 0.6 is 34.8 Å². The number of amides is 1. The van der Waals surface area contributed by atoms with Gasteiger partial charge in [-0.05, 0) is 73.7 Å². The molecule has 3 rings (SSSR count). The summed E-state index contributed by atoms with van der Waals surface area (Å²) < 4.78 is 33.2. The van der Waals surface area contributed by atoms with Crippen LogP contribution in [0.25, 0.3) is 0 Å². The fourth-order valence-corrected chi connectivity index (χ4v) is 4.67. The SMILES string of the molecule is CCOc1ccc(N(CC(=O)Nc2ccc(Cl)c(Cl)c2)S(=O)(=O)c2ccc(Cl)cc2)cc1. The number of benzene rings is 3. The topological polar surface area (TPSA) is 75.7 Å². The van der Waals surface area contributed by atoms with Crippen LogP contribution in [0.1, 0.15) is 6.92 Å². The minimum Gasteiger partial charge on any atom is -0.494 e. The number of anilines is 2. The van der Waals surface area contributed by atoms with Gasteiger partial charge in [0.2, 0.25) is 5.91 Å². The second kappa shape index (κ2) is 10.4. The second-order valence-corrected chi connectivity index (χ2v) is 9.68. The summed E-state index contributed by atoms with van der Waals surface area (Å²) in [5.41, 5.74) is 0.688. The molecule has 0 aliphatic heterocycles. The Morgan fingerprint density at radius 2 is 1.59 bits per heavy atom. The molecular formula is C22H19Cl3N2O4S. The summed E-state index contributed by atoms with van der Waals surface area (Å²) in [5, 5.41) is 3.64. The lowest BCUT2D eigenvalue weighted by Gasteiger charge is -2.24. The van der Waals surface area contributed by atoms with E-state index in [1.165, 1.54) is 36.4 Å². The second-order valence-electron chi connectivity index (χ2n) is 6.57. The number of nitrogens with zero attached hydrogens (tertiary/aromatic N) is 1. The predicted octanol–water partition coefficient (Wildman–Crippen LogP) is 5.88. The van der Waals surface area contributed by atoms with Gasteiger partial charge in [0.25, 0.3) is 10.0 Å². The molecule has 0 saturated carbocycles. The number of rotatable bonds is 8. The maximum absolute atomic E-state index is 13.4. The summed E-state index contributed by atoms with van der Waals surface area (Å²) in [6, 6.07) is 16.7. The molecule has 0 spiro atoms. The number of sulfonamides is 1. The average molecular weight is 514 g/mol. The molecule has 0 saturated heterocycles. The highest BCUT2D eigenvalue weighted by atomic mass is 35.5. The van der Waals surface area contributed by atoms with E-state index >= 15 is 0 Å². The molecule has 168 valence electrons. The van der Waals surface area contributed by atoms with Gasteiger partial charge in [-0.2, -0.15) is 0 Å². The zero-order valence-corrected chi connectivity index (χ0v) is 20.0. The van der Waals surface area contributed by atoms with Gasteiger partial charge >= 0.3 is 0 Å². The molecule has 0 aliphatic rings. The molecule has 32 heavy (non-hydrogen) atoms. The lowest BCUT2D eigenvalue weighted by molar-refractivity contribution is -0.114. The van der Waals surface area contributed by atoms with Crippen molar-refractivity contribution in [3.63, 3.8) is 0 Å². The Bertz CT molecular complexity index is 1200. The highest BCUT2D eigenvalue weighted by Gasteiger charge is 2.27. The third-order valence-corrected chi connectivity index (χ3v) is 7.11. The molecule has 0 bridgehead atoms. The van der Waals surface area contributed by atoms with E-state index in [1.54, 1.807) is 30.3 Å². The highest BCUT2D eigenvalue weighted by molar-refractivity contribution is 7.92. The number of nitrogens with one attached hydrogen (secondary N) is 1. The van der Waals surface area contributed by atoms with E-state index in [9.17, 15) is 13.2 Å². The van der Waals surface area contributed by atoms with Gasteiger partial charge in [0.1, 0.15) is 12.3 Å².